The van der Waals surface area contributed by atoms with E-state index in [0.29, 0.717) is 0 Å². The minimum absolute atomic E-state index is 0.0631. The van der Waals surface area contributed by atoms with Gasteiger partial charge in [-0.1, -0.05) is 0 Å². The zero-order valence-corrected chi connectivity index (χ0v) is 18.1. The predicted octanol–water partition coefficient (Wildman–Crippen LogP) is 4.90. The van der Waals surface area contributed by atoms with Gasteiger partial charge in [0.25, 0.3) is 0 Å². The van der Waals surface area contributed by atoms with E-state index in [0.717, 1.165) is 12.1 Å². The summed E-state index contributed by atoms with van der Waals surface area (Å²) in [4.78, 5) is 12.2. The minimum atomic E-state index is -1.22. The van der Waals surface area contributed by atoms with Gasteiger partial charge in [0.2, 0.25) is 0 Å². The van der Waals surface area contributed by atoms with Crippen LogP contribution in [0.3, 0.4) is 0 Å². The molecule has 1 N–H and O–H groups in total. The number of rotatable bonds is 2. The second-order valence-corrected chi connectivity index (χ2v) is 9.33. The van der Waals surface area contributed by atoms with E-state index >= 15 is 4.39 Å². The van der Waals surface area contributed by atoms with Crippen molar-refractivity contribution in [3.05, 3.63) is 35.7 Å². The van der Waals surface area contributed by atoms with E-state index in [-0.39, 0.29) is 21.9 Å². The largest absolute Gasteiger partial charge is 0.495 e. The molecule has 30 heavy (non-hydrogen) atoms. The third-order valence-corrected chi connectivity index (χ3v) is 5.30. The Bertz CT molecular complexity index is 1000. The molecule has 0 spiro atoms. The van der Waals surface area contributed by atoms with Crippen LogP contribution in [0.5, 0.6) is 0 Å². The molecule has 5 nitrogen and oxygen atoms in total. The maximum atomic E-state index is 15.1. The molecule has 1 amide bonds. The lowest BCUT2D eigenvalue weighted by Gasteiger charge is -2.32. The lowest BCUT2D eigenvalue weighted by atomic mass is 9.75. The van der Waals surface area contributed by atoms with Gasteiger partial charge in [-0.15, -0.1) is 0 Å². The molecule has 0 aliphatic carbocycles. The Morgan fingerprint density at radius 3 is 2.13 bits per heavy atom. The van der Waals surface area contributed by atoms with Crippen molar-refractivity contribution < 1.29 is 32.0 Å². The van der Waals surface area contributed by atoms with E-state index in [2.05, 4.69) is 5.32 Å². The first-order valence-electron chi connectivity index (χ1n) is 9.59. The Morgan fingerprint density at radius 2 is 1.60 bits per heavy atom. The van der Waals surface area contributed by atoms with Crippen LogP contribution in [-0.2, 0) is 14.0 Å². The molecule has 2 aromatic rings. The topological polar surface area (TPSA) is 56.8 Å². The highest BCUT2D eigenvalue weighted by Gasteiger charge is 2.52. The molecule has 0 atom stereocenters. The number of amides is 1. The van der Waals surface area contributed by atoms with Crippen LogP contribution >= 0.6 is 0 Å². The summed E-state index contributed by atoms with van der Waals surface area (Å²) in [5, 5.41) is 1.81. The molecule has 2 aromatic carbocycles. The lowest BCUT2D eigenvalue weighted by Crippen LogP contribution is -2.41. The van der Waals surface area contributed by atoms with Crippen molar-refractivity contribution in [2.75, 3.05) is 5.32 Å². The second kappa shape index (κ2) is 7.16. The van der Waals surface area contributed by atoms with Crippen LogP contribution in [0.15, 0.2) is 18.2 Å². The SMILES string of the molecule is CC(C)(C)OC(=O)Nc1cc(B2OC(C)(C)C(C)(C)O2)c2c(F)c(F)ccc2c1F. The van der Waals surface area contributed by atoms with Crippen LogP contribution < -0.4 is 10.8 Å². The van der Waals surface area contributed by atoms with Crippen LogP contribution in [0.2, 0.25) is 0 Å². The molecule has 162 valence electrons. The van der Waals surface area contributed by atoms with Crippen molar-refractivity contribution in [3.63, 3.8) is 0 Å². The first-order valence-corrected chi connectivity index (χ1v) is 9.59. The molecule has 1 aliphatic rings. The fourth-order valence-electron chi connectivity index (χ4n) is 3.11. The van der Waals surface area contributed by atoms with Crippen LogP contribution in [0, 0.1) is 17.5 Å². The fourth-order valence-corrected chi connectivity index (χ4v) is 3.11. The lowest BCUT2D eigenvalue weighted by molar-refractivity contribution is 0.00578. The van der Waals surface area contributed by atoms with Gasteiger partial charge in [-0.2, -0.15) is 0 Å². The number of nitrogens with one attached hydrogen (secondary N) is 1. The van der Waals surface area contributed by atoms with Gasteiger partial charge in [-0.25, -0.2) is 18.0 Å². The third-order valence-electron chi connectivity index (χ3n) is 5.30. The second-order valence-electron chi connectivity index (χ2n) is 9.33. The van der Waals surface area contributed by atoms with Gasteiger partial charge in [-0.05, 0) is 72.1 Å². The summed E-state index contributed by atoms with van der Waals surface area (Å²) in [5.41, 5.74) is -2.52. The molecular weight excluding hydrogens is 398 g/mol. The van der Waals surface area contributed by atoms with E-state index in [1.54, 1.807) is 48.5 Å². The Labute approximate surface area is 174 Å². The number of carbonyl (C=O) groups is 1. The van der Waals surface area contributed by atoms with Crippen LogP contribution in [0.4, 0.5) is 23.7 Å². The molecule has 1 aliphatic heterocycles. The van der Waals surface area contributed by atoms with E-state index in [4.69, 9.17) is 14.0 Å². The molecule has 0 radical (unpaired) electrons. The van der Waals surface area contributed by atoms with E-state index in [9.17, 15) is 13.6 Å². The van der Waals surface area contributed by atoms with Crippen molar-refractivity contribution in [1.82, 2.24) is 0 Å². The normalized spacial score (nSPS) is 18.0. The number of hydrogen-bond acceptors (Lipinski definition) is 4. The number of hydrogen-bond donors (Lipinski definition) is 1. The molecule has 3 rings (SSSR count). The maximum Gasteiger partial charge on any atom is 0.495 e. The number of anilines is 1. The quantitative estimate of drug-likeness (QED) is 0.698. The maximum absolute atomic E-state index is 15.1. The highest BCUT2D eigenvalue weighted by molar-refractivity contribution is 6.65. The average molecular weight is 423 g/mol. The van der Waals surface area contributed by atoms with Crippen LogP contribution in [-0.4, -0.2) is 30.0 Å². The summed E-state index contributed by atoms with van der Waals surface area (Å²) in [6, 6.07) is 3.12. The Kier molecular flexibility index (Phi) is 5.36. The van der Waals surface area contributed by atoms with E-state index in [1.807, 2.05) is 0 Å². The Morgan fingerprint density at radius 1 is 1.03 bits per heavy atom. The Hall–Kier alpha value is -2.26. The van der Waals surface area contributed by atoms with Gasteiger partial charge in [0.15, 0.2) is 17.5 Å². The summed E-state index contributed by atoms with van der Waals surface area (Å²) < 4.78 is 60.9. The monoisotopic (exact) mass is 423 g/mol. The molecule has 0 bridgehead atoms. The fraction of sp³-hybridized carbons (Fsp3) is 0.476. The van der Waals surface area contributed by atoms with Crippen molar-refractivity contribution >= 4 is 35.1 Å². The minimum Gasteiger partial charge on any atom is -0.444 e. The standard InChI is InChI=1S/C21H25BF3NO4/c1-19(2,3)28-18(27)26-14-10-12(22-29-20(4,5)21(6,7)30-22)15-11(16(14)24)8-9-13(23)17(15)25/h8-10H,1-7H3,(H,26,27). The van der Waals surface area contributed by atoms with Gasteiger partial charge >= 0.3 is 13.2 Å². The predicted molar refractivity (Wildman–Crippen MR) is 109 cm³/mol. The Balaban J connectivity index is 2.16. The van der Waals surface area contributed by atoms with Crippen LogP contribution in [0.1, 0.15) is 48.5 Å². The number of fused-ring (bicyclic) bond motifs is 1. The smallest absolute Gasteiger partial charge is 0.444 e. The van der Waals surface area contributed by atoms with E-state index in [1.165, 1.54) is 6.07 Å². The molecule has 1 heterocycles. The van der Waals surface area contributed by atoms with Gasteiger partial charge in [0.1, 0.15) is 5.60 Å². The molecule has 0 unspecified atom stereocenters. The van der Waals surface area contributed by atoms with Crippen molar-refractivity contribution in [1.29, 1.82) is 0 Å². The first kappa shape index (κ1) is 22.4. The molecule has 1 fully saturated rings. The van der Waals surface area contributed by atoms with Gasteiger partial charge in [0.05, 0.1) is 16.9 Å². The highest BCUT2D eigenvalue weighted by Crippen LogP contribution is 2.38. The molecule has 1 saturated heterocycles. The van der Waals surface area contributed by atoms with Gasteiger partial charge in [-0.3, -0.25) is 5.32 Å². The molecule has 0 saturated carbocycles. The summed E-state index contributed by atoms with van der Waals surface area (Å²) in [7, 11) is -1.10. The number of carbonyl (C=O) groups excluding carboxylic acids is 1. The zero-order valence-electron chi connectivity index (χ0n) is 18.1. The summed E-state index contributed by atoms with van der Waals surface area (Å²) in [5.74, 6) is -3.28. The third kappa shape index (κ3) is 4.00. The first-order chi connectivity index (χ1) is 13.6. The van der Waals surface area contributed by atoms with Crippen LogP contribution in [0.25, 0.3) is 10.8 Å². The number of halogens is 3. The highest BCUT2D eigenvalue weighted by atomic mass is 19.2. The summed E-state index contributed by atoms with van der Waals surface area (Å²) >= 11 is 0. The van der Waals surface area contributed by atoms with E-state index < -0.39 is 47.5 Å². The van der Waals surface area contributed by atoms with Crippen molar-refractivity contribution in [2.45, 2.75) is 65.3 Å². The summed E-state index contributed by atoms with van der Waals surface area (Å²) in [6.45, 7) is 12.2. The summed E-state index contributed by atoms with van der Waals surface area (Å²) in [6.07, 6.45) is -0.886. The molecule has 0 aromatic heterocycles. The van der Waals surface area contributed by atoms with Gasteiger partial charge < -0.3 is 14.0 Å². The molecular formula is C21H25BF3NO4. The zero-order chi connectivity index (χ0) is 22.6. The molecule has 9 heteroatoms. The van der Waals surface area contributed by atoms with Crippen molar-refractivity contribution in [3.8, 4) is 0 Å². The number of benzene rings is 2. The van der Waals surface area contributed by atoms with Crippen molar-refractivity contribution in [2.24, 2.45) is 0 Å². The average Bonchev–Trinajstić information content (AvgIpc) is 2.79. The number of ether oxygens (including phenoxy) is 1. The van der Waals surface area contributed by atoms with Gasteiger partial charge in [0, 0.05) is 10.8 Å².